The highest BCUT2D eigenvalue weighted by Gasteiger charge is 2.14. The monoisotopic (exact) mass is 184 g/mol. The molecule has 0 aromatic heterocycles. The fourth-order valence-corrected chi connectivity index (χ4v) is 2.18. The third-order valence-electron chi connectivity index (χ3n) is 3.12. The van der Waals surface area contributed by atoms with Gasteiger partial charge in [-0.05, 0) is 38.8 Å². The number of hydrogen-bond donors (Lipinski definition) is 2. The molecule has 2 nitrogen and oxygen atoms in total. The van der Waals surface area contributed by atoms with Crippen LogP contribution in [-0.4, -0.2) is 19.1 Å². The van der Waals surface area contributed by atoms with E-state index in [1.54, 1.807) is 0 Å². The Bertz CT molecular complexity index is 119. The number of nitrogens with one attached hydrogen (secondary N) is 1. The second-order valence-electron chi connectivity index (χ2n) is 4.37. The van der Waals surface area contributed by atoms with Gasteiger partial charge in [-0.1, -0.05) is 25.7 Å². The van der Waals surface area contributed by atoms with Crippen LogP contribution in [0.3, 0.4) is 0 Å². The lowest BCUT2D eigenvalue weighted by atomic mass is 10.0. The van der Waals surface area contributed by atoms with E-state index in [1.165, 1.54) is 38.6 Å². The number of rotatable bonds is 6. The van der Waals surface area contributed by atoms with Crippen LogP contribution in [0.2, 0.25) is 0 Å². The van der Waals surface area contributed by atoms with Gasteiger partial charge < -0.3 is 11.1 Å². The Kier molecular flexibility index (Phi) is 5.40. The molecule has 78 valence electrons. The van der Waals surface area contributed by atoms with Gasteiger partial charge in [0, 0.05) is 6.04 Å². The van der Waals surface area contributed by atoms with E-state index >= 15 is 0 Å². The van der Waals surface area contributed by atoms with Crippen molar-refractivity contribution in [3.8, 4) is 0 Å². The first kappa shape index (κ1) is 11.0. The Morgan fingerprint density at radius 2 is 2.08 bits per heavy atom. The molecule has 0 aromatic carbocycles. The second kappa shape index (κ2) is 6.39. The summed E-state index contributed by atoms with van der Waals surface area (Å²) in [5.41, 5.74) is 5.48. The molecule has 3 N–H and O–H groups in total. The van der Waals surface area contributed by atoms with E-state index in [0.29, 0.717) is 6.04 Å². The summed E-state index contributed by atoms with van der Waals surface area (Å²) in [7, 11) is 0. The topological polar surface area (TPSA) is 38.0 Å². The number of hydrogen-bond acceptors (Lipinski definition) is 2. The SMILES string of the molecule is CC(CCN)NCCC1CCCC1. The lowest BCUT2D eigenvalue weighted by Gasteiger charge is -2.14. The van der Waals surface area contributed by atoms with Crippen LogP contribution in [0.5, 0.6) is 0 Å². The standard InChI is InChI=1S/C11H24N2/c1-10(6-8-12)13-9-7-11-4-2-3-5-11/h10-11,13H,2-9,12H2,1H3. The van der Waals surface area contributed by atoms with Crippen LogP contribution < -0.4 is 11.1 Å². The minimum atomic E-state index is 0.603. The Hall–Kier alpha value is -0.0800. The molecule has 0 radical (unpaired) electrons. The van der Waals surface area contributed by atoms with Gasteiger partial charge in [0.05, 0.1) is 0 Å². The van der Waals surface area contributed by atoms with Crippen molar-refractivity contribution in [2.45, 2.75) is 51.5 Å². The summed E-state index contributed by atoms with van der Waals surface area (Å²) < 4.78 is 0. The smallest absolute Gasteiger partial charge is 0.00507 e. The summed E-state index contributed by atoms with van der Waals surface area (Å²) in [5.74, 6) is 1.01. The van der Waals surface area contributed by atoms with Crippen LogP contribution in [0.4, 0.5) is 0 Å². The molecule has 0 bridgehead atoms. The average molecular weight is 184 g/mol. The van der Waals surface area contributed by atoms with Crippen molar-refractivity contribution in [2.24, 2.45) is 11.7 Å². The predicted molar refractivity (Wildman–Crippen MR) is 57.7 cm³/mol. The first-order valence-electron chi connectivity index (χ1n) is 5.76. The highest BCUT2D eigenvalue weighted by molar-refractivity contribution is 4.69. The molecule has 1 atom stereocenters. The molecule has 0 saturated heterocycles. The van der Waals surface area contributed by atoms with Crippen molar-refractivity contribution in [1.29, 1.82) is 0 Å². The van der Waals surface area contributed by atoms with Crippen LogP contribution >= 0.6 is 0 Å². The van der Waals surface area contributed by atoms with Gasteiger partial charge in [-0.25, -0.2) is 0 Å². The molecule has 0 heterocycles. The molecular formula is C11H24N2. The van der Waals surface area contributed by atoms with Gasteiger partial charge in [-0.3, -0.25) is 0 Å². The molecule has 0 aliphatic heterocycles. The molecule has 2 heteroatoms. The summed E-state index contributed by atoms with van der Waals surface area (Å²) in [6.07, 6.45) is 8.32. The van der Waals surface area contributed by atoms with E-state index in [2.05, 4.69) is 12.2 Å². The zero-order valence-electron chi connectivity index (χ0n) is 8.89. The van der Waals surface area contributed by atoms with Gasteiger partial charge in [0.2, 0.25) is 0 Å². The lowest BCUT2D eigenvalue weighted by molar-refractivity contribution is 0.441. The van der Waals surface area contributed by atoms with Gasteiger partial charge in [0.15, 0.2) is 0 Å². The van der Waals surface area contributed by atoms with Crippen molar-refractivity contribution in [3.63, 3.8) is 0 Å². The Labute approximate surface area is 82.3 Å². The molecule has 1 aliphatic rings. The zero-order chi connectivity index (χ0) is 9.52. The maximum Gasteiger partial charge on any atom is 0.00507 e. The summed E-state index contributed by atoms with van der Waals surface area (Å²) >= 11 is 0. The molecule has 0 amide bonds. The van der Waals surface area contributed by atoms with Crippen molar-refractivity contribution in [3.05, 3.63) is 0 Å². The number of nitrogens with two attached hydrogens (primary N) is 1. The van der Waals surface area contributed by atoms with Crippen molar-refractivity contribution < 1.29 is 0 Å². The van der Waals surface area contributed by atoms with Crippen molar-refractivity contribution in [1.82, 2.24) is 5.32 Å². The normalized spacial score (nSPS) is 20.8. The maximum atomic E-state index is 5.48. The maximum absolute atomic E-state index is 5.48. The second-order valence-corrected chi connectivity index (χ2v) is 4.37. The highest BCUT2D eigenvalue weighted by atomic mass is 14.9. The summed E-state index contributed by atoms with van der Waals surface area (Å²) in [4.78, 5) is 0. The van der Waals surface area contributed by atoms with Gasteiger partial charge in [-0.15, -0.1) is 0 Å². The van der Waals surface area contributed by atoms with Crippen LogP contribution in [0.1, 0.15) is 45.4 Å². The van der Waals surface area contributed by atoms with E-state index in [4.69, 9.17) is 5.73 Å². The minimum Gasteiger partial charge on any atom is -0.330 e. The van der Waals surface area contributed by atoms with Crippen LogP contribution in [0.15, 0.2) is 0 Å². The van der Waals surface area contributed by atoms with Gasteiger partial charge >= 0.3 is 0 Å². The zero-order valence-corrected chi connectivity index (χ0v) is 8.89. The molecule has 1 saturated carbocycles. The Morgan fingerprint density at radius 3 is 2.69 bits per heavy atom. The van der Waals surface area contributed by atoms with Crippen LogP contribution in [0.25, 0.3) is 0 Å². The quantitative estimate of drug-likeness (QED) is 0.661. The van der Waals surface area contributed by atoms with Crippen LogP contribution in [-0.2, 0) is 0 Å². The Balaban J connectivity index is 1.93. The fourth-order valence-electron chi connectivity index (χ4n) is 2.18. The molecule has 1 aliphatic carbocycles. The molecule has 1 fully saturated rings. The average Bonchev–Trinajstić information content (AvgIpc) is 2.57. The summed E-state index contributed by atoms with van der Waals surface area (Å²) in [6.45, 7) is 4.21. The van der Waals surface area contributed by atoms with Gasteiger partial charge in [0.25, 0.3) is 0 Å². The highest BCUT2D eigenvalue weighted by Crippen LogP contribution is 2.26. The molecule has 0 aromatic rings. The predicted octanol–water partition coefficient (Wildman–Crippen LogP) is 1.89. The van der Waals surface area contributed by atoms with E-state index in [0.717, 1.165) is 18.9 Å². The summed E-state index contributed by atoms with van der Waals surface area (Å²) in [6, 6.07) is 0.603. The van der Waals surface area contributed by atoms with E-state index in [-0.39, 0.29) is 0 Å². The largest absolute Gasteiger partial charge is 0.330 e. The third kappa shape index (κ3) is 4.63. The lowest BCUT2D eigenvalue weighted by Crippen LogP contribution is -2.29. The molecule has 13 heavy (non-hydrogen) atoms. The van der Waals surface area contributed by atoms with Gasteiger partial charge in [-0.2, -0.15) is 0 Å². The van der Waals surface area contributed by atoms with Gasteiger partial charge in [0.1, 0.15) is 0 Å². The first-order valence-corrected chi connectivity index (χ1v) is 5.76. The van der Waals surface area contributed by atoms with E-state index in [9.17, 15) is 0 Å². The van der Waals surface area contributed by atoms with E-state index < -0.39 is 0 Å². The first-order chi connectivity index (χ1) is 6.33. The van der Waals surface area contributed by atoms with Crippen LogP contribution in [0, 0.1) is 5.92 Å². The molecule has 1 rings (SSSR count). The molecular weight excluding hydrogens is 160 g/mol. The van der Waals surface area contributed by atoms with Crippen molar-refractivity contribution in [2.75, 3.05) is 13.1 Å². The minimum absolute atomic E-state index is 0.603. The molecule has 1 unspecified atom stereocenters. The van der Waals surface area contributed by atoms with E-state index in [1.807, 2.05) is 0 Å². The summed E-state index contributed by atoms with van der Waals surface area (Å²) in [5, 5.41) is 3.53. The Morgan fingerprint density at radius 1 is 1.38 bits per heavy atom. The fraction of sp³-hybridized carbons (Fsp3) is 1.00. The molecule has 0 spiro atoms. The third-order valence-corrected chi connectivity index (χ3v) is 3.12. The van der Waals surface area contributed by atoms with Crippen molar-refractivity contribution >= 4 is 0 Å².